The van der Waals surface area contributed by atoms with E-state index in [1.807, 2.05) is 36.9 Å². The molecular weight excluding hydrogens is 434 g/mol. The summed E-state index contributed by atoms with van der Waals surface area (Å²) in [6.07, 6.45) is 0.876. The second-order valence-electron chi connectivity index (χ2n) is 8.78. The second-order valence-corrected chi connectivity index (χ2v) is 9.05. The first-order chi connectivity index (χ1) is 15.4. The first-order valence-corrected chi connectivity index (χ1v) is 11.5. The number of nitrogens with one attached hydrogen (secondary N) is 2. The molecule has 0 spiro atoms. The van der Waals surface area contributed by atoms with Gasteiger partial charge in [-0.15, -0.1) is 16.7 Å². The van der Waals surface area contributed by atoms with Crippen molar-refractivity contribution < 1.29 is 18.7 Å². The standard InChI is InChI=1S/C22H30ClN5O4/c1-14(2)31-21(29)28-8-7-24-13-22(28,3)11-16-10-15(12-23)4-5-17(16)25-20-27-26-19(32-20)18-6-9-30-18/h4-5,10,14,18,24H,6-9,11-13H2,1-3H3,(H,25,27)/t18?,22-/m0/s1. The molecular formula is C22H30ClN5O4. The van der Waals surface area contributed by atoms with Crippen molar-refractivity contribution in [2.45, 2.75) is 57.2 Å². The molecule has 0 bridgehead atoms. The van der Waals surface area contributed by atoms with Gasteiger partial charge in [-0.1, -0.05) is 17.2 Å². The van der Waals surface area contributed by atoms with Gasteiger partial charge >= 0.3 is 12.1 Å². The van der Waals surface area contributed by atoms with Crippen LogP contribution in [-0.4, -0.2) is 59.1 Å². The number of nitrogens with zero attached hydrogens (tertiary/aromatic N) is 3. The van der Waals surface area contributed by atoms with E-state index in [-0.39, 0.29) is 18.3 Å². The third-order valence-electron chi connectivity index (χ3n) is 5.78. The predicted molar refractivity (Wildman–Crippen MR) is 120 cm³/mol. The van der Waals surface area contributed by atoms with Gasteiger partial charge in [0.2, 0.25) is 5.89 Å². The molecule has 1 aromatic carbocycles. The number of anilines is 2. The maximum atomic E-state index is 12.8. The number of amides is 1. The van der Waals surface area contributed by atoms with Crippen molar-refractivity contribution in [2.75, 3.05) is 31.6 Å². The monoisotopic (exact) mass is 463 g/mol. The minimum absolute atomic E-state index is 0.121. The second kappa shape index (κ2) is 9.64. The SMILES string of the molecule is CC(C)OC(=O)N1CCNC[C@]1(C)Cc1cc(CCl)ccc1Nc1nnc(C2CCO2)o1. The van der Waals surface area contributed by atoms with E-state index in [9.17, 15) is 4.79 Å². The Hall–Kier alpha value is -2.36. The summed E-state index contributed by atoms with van der Waals surface area (Å²) in [6, 6.07) is 6.26. The fourth-order valence-electron chi connectivity index (χ4n) is 4.02. The van der Waals surface area contributed by atoms with Crippen LogP contribution >= 0.6 is 11.6 Å². The Morgan fingerprint density at radius 3 is 2.94 bits per heavy atom. The van der Waals surface area contributed by atoms with Crippen LogP contribution in [0.2, 0.25) is 0 Å². The number of alkyl halides is 1. The number of ether oxygens (including phenoxy) is 2. The number of piperazine rings is 1. The fourth-order valence-corrected chi connectivity index (χ4v) is 4.18. The Morgan fingerprint density at radius 2 is 2.25 bits per heavy atom. The minimum atomic E-state index is -0.481. The van der Waals surface area contributed by atoms with Gasteiger partial charge in [0.1, 0.15) is 6.10 Å². The molecule has 2 atom stereocenters. The number of carbonyl (C=O) groups is 1. The van der Waals surface area contributed by atoms with Crippen LogP contribution in [0, 0.1) is 0 Å². The highest BCUT2D eigenvalue weighted by Gasteiger charge is 2.39. The van der Waals surface area contributed by atoms with E-state index in [4.69, 9.17) is 25.5 Å². The van der Waals surface area contributed by atoms with Crippen LogP contribution < -0.4 is 10.6 Å². The van der Waals surface area contributed by atoms with E-state index in [1.165, 1.54) is 0 Å². The van der Waals surface area contributed by atoms with Crippen molar-refractivity contribution in [3.8, 4) is 0 Å². The van der Waals surface area contributed by atoms with Crippen molar-refractivity contribution in [3.05, 3.63) is 35.2 Å². The van der Waals surface area contributed by atoms with Crippen LogP contribution in [0.25, 0.3) is 0 Å². The van der Waals surface area contributed by atoms with E-state index in [0.717, 1.165) is 29.8 Å². The van der Waals surface area contributed by atoms with Gasteiger partial charge in [-0.25, -0.2) is 4.79 Å². The molecule has 2 fully saturated rings. The lowest BCUT2D eigenvalue weighted by Crippen LogP contribution is -2.62. The van der Waals surface area contributed by atoms with E-state index >= 15 is 0 Å². The van der Waals surface area contributed by atoms with Crippen molar-refractivity contribution in [1.82, 2.24) is 20.4 Å². The topological polar surface area (TPSA) is 102 Å². The molecule has 2 aromatic rings. The summed E-state index contributed by atoms with van der Waals surface area (Å²) < 4.78 is 16.7. The Labute approximate surface area is 192 Å². The molecule has 9 nitrogen and oxygen atoms in total. The van der Waals surface area contributed by atoms with Gasteiger partial charge in [0.15, 0.2) is 0 Å². The first kappa shape index (κ1) is 22.8. The van der Waals surface area contributed by atoms with Gasteiger partial charge in [-0.3, -0.25) is 4.90 Å². The Balaban J connectivity index is 1.58. The zero-order valence-corrected chi connectivity index (χ0v) is 19.4. The van der Waals surface area contributed by atoms with Gasteiger partial charge in [0.25, 0.3) is 0 Å². The quantitative estimate of drug-likeness (QED) is 0.598. The average molecular weight is 464 g/mol. The number of aromatic nitrogens is 2. The maximum Gasteiger partial charge on any atom is 0.410 e. The molecule has 4 rings (SSSR count). The molecule has 10 heteroatoms. The first-order valence-electron chi connectivity index (χ1n) is 11.0. The Morgan fingerprint density at radius 1 is 1.44 bits per heavy atom. The summed E-state index contributed by atoms with van der Waals surface area (Å²) in [5.74, 6) is 0.870. The molecule has 32 heavy (non-hydrogen) atoms. The molecule has 1 unspecified atom stereocenters. The van der Waals surface area contributed by atoms with Gasteiger partial charge in [-0.05, 0) is 44.4 Å². The van der Waals surface area contributed by atoms with Gasteiger partial charge < -0.3 is 24.5 Å². The van der Waals surface area contributed by atoms with Crippen molar-refractivity contribution >= 4 is 29.4 Å². The summed E-state index contributed by atoms with van der Waals surface area (Å²) in [4.78, 5) is 14.6. The Kier molecular flexibility index (Phi) is 6.88. The molecule has 174 valence electrons. The number of benzene rings is 1. The van der Waals surface area contributed by atoms with Gasteiger partial charge in [0.05, 0.1) is 18.2 Å². The van der Waals surface area contributed by atoms with Gasteiger partial charge in [0, 0.05) is 37.6 Å². The lowest BCUT2D eigenvalue weighted by atomic mass is 9.88. The zero-order chi connectivity index (χ0) is 22.7. The third kappa shape index (κ3) is 5.00. The van der Waals surface area contributed by atoms with E-state index in [0.29, 0.717) is 43.9 Å². The third-order valence-corrected chi connectivity index (χ3v) is 6.09. The van der Waals surface area contributed by atoms with E-state index in [2.05, 4.69) is 27.8 Å². The van der Waals surface area contributed by atoms with Crippen LogP contribution in [0.15, 0.2) is 22.6 Å². The van der Waals surface area contributed by atoms with E-state index in [1.54, 1.807) is 0 Å². The molecule has 1 aromatic heterocycles. The molecule has 2 aliphatic heterocycles. The summed E-state index contributed by atoms with van der Waals surface area (Å²) >= 11 is 6.11. The van der Waals surface area contributed by atoms with Crippen LogP contribution in [-0.2, 0) is 21.8 Å². The van der Waals surface area contributed by atoms with Gasteiger partial charge in [-0.2, -0.15) is 0 Å². The zero-order valence-electron chi connectivity index (χ0n) is 18.7. The average Bonchev–Trinajstić information content (AvgIpc) is 3.15. The van der Waals surface area contributed by atoms with Crippen LogP contribution in [0.3, 0.4) is 0 Å². The molecule has 3 heterocycles. The summed E-state index contributed by atoms with van der Waals surface area (Å²) in [5.41, 5.74) is 2.33. The molecule has 2 aliphatic rings. The van der Waals surface area contributed by atoms with Crippen molar-refractivity contribution in [3.63, 3.8) is 0 Å². The maximum absolute atomic E-state index is 12.8. The number of carbonyl (C=O) groups excluding carboxylic acids is 1. The largest absolute Gasteiger partial charge is 0.447 e. The predicted octanol–water partition coefficient (Wildman–Crippen LogP) is 3.76. The molecule has 2 saturated heterocycles. The fraction of sp³-hybridized carbons (Fsp3) is 0.591. The number of hydrogen-bond donors (Lipinski definition) is 2. The number of halogens is 1. The number of rotatable bonds is 7. The van der Waals surface area contributed by atoms with Crippen molar-refractivity contribution in [1.29, 1.82) is 0 Å². The summed E-state index contributed by atoms with van der Waals surface area (Å²) in [5, 5.41) is 14.8. The molecule has 0 aliphatic carbocycles. The summed E-state index contributed by atoms with van der Waals surface area (Å²) in [6.45, 7) is 8.44. The van der Waals surface area contributed by atoms with E-state index < -0.39 is 5.54 Å². The highest BCUT2D eigenvalue weighted by Crippen LogP contribution is 2.32. The molecule has 1 amide bonds. The molecule has 0 saturated carbocycles. The van der Waals surface area contributed by atoms with Crippen LogP contribution in [0.5, 0.6) is 0 Å². The summed E-state index contributed by atoms with van der Waals surface area (Å²) in [7, 11) is 0. The van der Waals surface area contributed by atoms with Crippen molar-refractivity contribution in [2.24, 2.45) is 0 Å². The minimum Gasteiger partial charge on any atom is -0.447 e. The highest BCUT2D eigenvalue weighted by molar-refractivity contribution is 6.17. The normalized spacial score (nSPS) is 23.2. The lowest BCUT2D eigenvalue weighted by Gasteiger charge is -2.45. The Bertz CT molecular complexity index is 948. The lowest BCUT2D eigenvalue weighted by molar-refractivity contribution is -0.0674. The number of hydrogen-bond acceptors (Lipinski definition) is 8. The molecule has 0 radical (unpaired) electrons. The van der Waals surface area contributed by atoms with Crippen LogP contribution in [0.1, 0.15) is 50.3 Å². The smallest absolute Gasteiger partial charge is 0.410 e. The van der Waals surface area contributed by atoms with Crippen LogP contribution in [0.4, 0.5) is 16.5 Å². The highest BCUT2D eigenvalue weighted by atomic mass is 35.5. The molecule has 2 N–H and O–H groups in total.